The van der Waals surface area contributed by atoms with Gasteiger partial charge in [-0.2, -0.15) is 5.10 Å². The Morgan fingerprint density at radius 2 is 1.88 bits per heavy atom. The molecule has 0 spiro atoms. The van der Waals surface area contributed by atoms with Crippen LogP contribution in [0.4, 0.5) is 5.69 Å². The SMILES string of the molecule is Cc1cccc(C)c1NC(=O)CNC(=O)C(C)OC(=O)c1cnn(C)c1. The fourth-order valence-corrected chi connectivity index (χ4v) is 2.32. The van der Waals surface area contributed by atoms with Crippen molar-refractivity contribution in [1.29, 1.82) is 0 Å². The highest BCUT2D eigenvalue weighted by molar-refractivity contribution is 5.97. The largest absolute Gasteiger partial charge is 0.449 e. The van der Waals surface area contributed by atoms with Crippen LogP contribution in [0.5, 0.6) is 0 Å². The van der Waals surface area contributed by atoms with Gasteiger partial charge in [0.2, 0.25) is 5.91 Å². The van der Waals surface area contributed by atoms with E-state index in [1.54, 1.807) is 7.05 Å². The van der Waals surface area contributed by atoms with Crippen molar-refractivity contribution in [3.8, 4) is 0 Å². The maximum absolute atomic E-state index is 12.0. The highest BCUT2D eigenvalue weighted by Crippen LogP contribution is 2.18. The van der Waals surface area contributed by atoms with Crippen molar-refractivity contribution in [3.63, 3.8) is 0 Å². The van der Waals surface area contributed by atoms with Crippen molar-refractivity contribution in [2.45, 2.75) is 26.9 Å². The van der Waals surface area contributed by atoms with Crippen LogP contribution in [0.3, 0.4) is 0 Å². The molecule has 26 heavy (non-hydrogen) atoms. The Hall–Kier alpha value is -3.16. The van der Waals surface area contributed by atoms with Gasteiger partial charge in [-0.3, -0.25) is 14.3 Å². The monoisotopic (exact) mass is 358 g/mol. The van der Waals surface area contributed by atoms with Gasteiger partial charge in [0.1, 0.15) is 0 Å². The normalized spacial score (nSPS) is 11.5. The van der Waals surface area contributed by atoms with Gasteiger partial charge in [0.15, 0.2) is 6.10 Å². The maximum Gasteiger partial charge on any atom is 0.342 e. The number of hydrogen-bond donors (Lipinski definition) is 2. The summed E-state index contributed by atoms with van der Waals surface area (Å²) in [5.41, 5.74) is 2.84. The highest BCUT2D eigenvalue weighted by Gasteiger charge is 2.20. The minimum Gasteiger partial charge on any atom is -0.449 e. The maximum atomic E-state index is 12.0. The van der Waals surface area contributed by atoms with E-state index in [0.29, 0.717) is 0 Å². The summed E-state index contributed by atoms with van der Waals surface area (Å²) in [6.07, 6.45) is 1.81. The molecule has 0 bridgehead atoms. The molecule has 8 nitrogen and oxygen atoms in total. The van der Waals surface area contributed by atoms with Gasteiger partial charge in [0, 0.05) is 18.9 Å². The Bertz CT molecular complexity index is 808. The number of aryl methyl sites for hydroxylation is 3. The molecule has 2 N–H and O–H groups in total. The number of esters is 1. The molecule has 0 radical (unpaired) electrons. The molecule has 0 aliphatic rings. The smallest absolute Gasteiger partial charge is 0.342 e. The Kier molecular flexibility index (Phi) is 6.11. The van der Waals surface area contributed by atoms with Crippen LogP contribution in [0, 0.1) is 13.8 Å². The molecule has 0 saturated heterocycles. The lowest BCUT2D eigenvalue weighted by Gasteiger charge is -2.14. The zero-order valence-corrected chi connectivity index (χ0v) is 15.2. The Labute approximate surface area is 151 Å². The van der Waals surface area contributed by atoms with Crippen molar-refractivity contribution < 1.29 is 19.1 Å². The van der Waals surface area contributed by atoms with Gasteiger partial charge in [-0.1, -0.05) is 18.2 Å². The van der Waals surface area contributed by atoms with E-state index < -0.39 is 18.0 Å². The summed E-state index contributed by atoms with van der Waals surface area (Å²) >= 11 is 0. The number of carbonyl (C=O) groups excluding carboxylic acids is 3. The second kappa shape index (κ2) is 8.28. The van der Waals surface area contributed by atoms with Crippen LogP contribution in [0.15, 0.2) is 30.6 Å². The number of hydrogen-bond acceptors (Lipinski definition) is 5. The molecular formula is C18H22N4O4. The minimum atomic E-state index is -1.03. The lowest BCUT2D eigenvalue weighted by atomic mass is 10.1. The minimum absolute atomic E-state index is 0.221. The Morgan fingerprint density at radius 1 is 1.23 bits per heavy atom. The Balaban J connectivity index is 1.83. The fourth-order valence-electron chi connectivity index (χ4n) is 2.32. The molecule has 2 amide bonds. The van der Waals surface area contributed by atoms with E-state index in [0.717, 1.165) is 16.8 Å². The molecule has 2 rings (SSSR count). The first-order valence-corrected chi connectivity index (χ1v) is 8.11. The van der Waals surface area contributed by atoms with Gasteiger partial charge < -0.3 is 15.4 Å². The molecule has 1 atom stereocenters. The summed E-state index contributed by atoms with van der Waals surface area (Å²) in [4.78, 5) is 36.0. The zero-order valence-electron chi connectivity index (χ0n) is 15.2. The van der Waals surface area contributed by atoms with Gasteiger partial charge in [-0.25, -0.2) is 4.79 Å². The van der Waals surface area contributed by atoms with Crippen LogP contribution in [-0.2, 0) is 21.4 Å². The van der Waals surface area contributed by atoms with Gasteiger partial charge in [0.25, 0.3) is 5.91 Å². The molecule has 138 valence electrons. The van der Waals surface area contributed by atoms with E-state index in [1.165, 1.54) is 24.0 Å². The molecular weight excluding hydrogens is 336 g/mol. The molecule has 1 aromatic carbocycles. The fraction of sp³-hybridized carbons (Fsp3) is 0.333. The van der Waals surface area contributed by atoms with E-state index in [1.807, 2.05) is 32.0 Å². The summed E-state index contributed by atoms with van der Waals surface area (Å²) in [6, 6.07) is 5.68. The number of carbonyl (C=O) groups is 3. The number of aromatic nitrogens is 2. The van der Waals surface area contributed by atoms with Crippen LogP contribution in [-0.4, -0.2) is 40.2 Å². The third-order valence-electron chi connectivity index (χ3n) is 3.76. The first-order chi connectivity index (χ1) is 12.3. The molecule has 0 aliphatic carbocycles. The summed E-state index contributed by atoms with van der Waals surface area (Å²) in [5, 5.41) is 9.09. The van der Waals surface area contributed by atoms with E-state index in [-0.39, 0.29) is 18.0 Å². The number of ether oxygens (including phenoxy) is 1. The topological polar surface area (TPSA) is 102 Å². The molecule has 0 saturated carbocycles. The average Bonchev–Trinajstić information content (AvgIpc) is 3.02. The van der Waals surface area contributed by atoms with Crippen molar-refractivity contribution in [3.05, 3.63) is 47.3 Å². The van der Waals surface area contributed by atoms with Gasteiger partial charge in [0.05, 0.1) is 18.3 Å². The molecule has 2 aromatic rings. The lowest BCUT2D eigenvalue weighted by Crippen LogP contribution is -2.40. The highest BCUT2D eigenvalue weighted by atomic mass is 16.5. The number of anilines is 1. The standard InChI is InChI=1S/C18H22N4O4/c1-11-6-5-7-12(2)16(11)21-15(23)9-19-17(24)13(3)26-18(25)14-8-20-22(4)10-14/h5-8,10,13H,9H2,1-4H3,(H,19,24)(H,21,23). The third kappa shape index (κ3) is 4.92. The number of nitrogens with one attached hydrogen (secondary N) is 2. The van der Waals surface area contributed by atoms with Crippen LogP contribution >= 0.6 is 0 Å². The second-order valence-electron chi connectivity index (χ2n) is 5.98. The van der Waals surface area contributed by atoms with Crippen molar-refractivity contribution in [2.75, 3.05) is 11.9 Å². The number of rotatable bonds is 6. The predicted octanol–water partition coefficient (Wildman–Crippen LogP) is 1.34. The van der Waals surface area contributed by atoms with Crippen LogP contribution in [0.2, 0.25) is 0 Å². The van der Waals surface area contributed by atoms with Crippen molar-refractivity contribution in [2.24, 2.45) is 7.05 Å². The van der Waals surface area contributed by atoms with E-state index in [2.05, 4.69) is 15.7 Å². The van der Waals surface area contributed by atoms with E-state index in [9.17, 15) is 14.4 Å². The van der Waals surface area contributed by atoms with Crippen molar-refractivity contribution in [1.82, 2.24) is 15.1 Å². The zero-order chi connectivity index (χ0) is 19.3. The Morgan fingerprint density at radius 3 is 2.46 bits per heavy atom. The second-order valence-corrected chi connectivity index (χ2v) is 5.98. The molecule has 1 heterocycles. The molecule has 8 heteroatoms. The summed E-state index contributed by atoms with van der Waals surface area (Å²) in [5.74, 6) is -1.57. The van der Waals surface area contributed by atoms with Gasteiger partial charge >= 0.3 is 5.97 Å². The van der Waals surface area contributed by atoms with Crippen LogP contribution in [0.1, 0.15) is 28.4 Å². The number of amides is 2. The number of nitrogens with zero attached hydrogens (tertiary/aromatic N) is 2. The first-order valence-electron chi connectivity index (χ1n) is 8.11. The summed E-state index contributed by atoms with van der Waals surface area (Å²) in [6.45, 7) is 5.00. The summed E-state index contributed by atoms with van der Waals surface area (Å²) in [7, 11) is 1.67. The lowest BCUT2D eigenvalue weighted by molar-refractivity contribution is -0.130. The van der Waals surface area contributed by atoms with E-state index in [4.69, 9.17) is 4.74 Å². The van der Waals surface area contributed by atoms with E-state index >= 15 is 0 Å². The van der Waals surface area contributed by atoms with Crippen LogP contribution < -0.4 is 10.6 Å². The van der Waals surface area contributed by atoms with Gasteiger partial charge in [-0.15, -0.1) is 0 Å². The van der Waals surface area contributed by atoms with Crippen molar-refractivity contribution >= 4 is 23.5 Å². The predicted molar refractivity (Wildman–Crippen MR) is 95.6 cm³/mol. The van der Waals surface area contributed by atoms with Gasteiger partial charge in [-0.05, 0) is 31.9 Å². The number of benzene rings is 1. The molecule has 1 unspecified atom stereocenters. The summed E-state index contributed by atoms with van der Waals surface area (Å²) < 4.78 is 6.52. The third-order valence-corrected chi connectivity index (χ3v) is 3.76. The average molecular weight is 358 g/mol. The quantitative estimate of drug-likeness (QED) is 0.759. The molecule has 1 aromatic heterocycles. The molecule has 0 aliphatic heterocycles. The molecule has 0 fully saturated rings. The first kappa shape index (κ1) is 19.2. The van der Waals surface area contributed by atoms with Crippen LogP contribution in [0.25, 0.3) is 0 Å². The number of para-hydroxylation sites is 1.